The second-order valence-electron chi connectivity index (χ2n) is 9.37. The normalized spacial score (nSPS) is 17.3. The Balaban J connectivity index is 1.10. The number of carbonyl (C=O) groups excluding carboxylic acids is 2. The van der Waals surface area contributed by atoms with E-state index in [0.717, 1.165) is 63.3 Å². The van der Waals surface area contributed by atoms with E-state index in [-0.39, 0.29) is 24.1 Å². The summed E-state index contributed by atoms with van der Waals surface area (Å²) in [4.78, 5) is 39.0. The zero-order valence-electron chi connectivity index (χ0n) is 20.1. The van der Waals surface area contributed by atoms with Gasteiger partial charge in [-0.2, -0.15) is 0 Å². The molecule has 0 unspecified atom stereocenters. The smallest absolute Gasteiger partial charge is 0.293 e. The highest BCUT2D eigenvalue weighted by Gasteiger charge is 2.27. The number of piperazine rings is 1. The molecule has 1 aliphatic carbocycles. The van der Waals surface area contributed by atoms with Crippen LogP contribution in [0.25, 0.3) is 20.4 Å². The molecule has 1 aliphatic heterocycles. The van der Waals surface area contributed by atoms with E-state index in [9.17, 15) is 9.59 Å². The molecule has 1 saturated carbocycles. The molecular formula is C25H28N6O3S2. The second kappa shape index (κ2) is 9.79. The number of hydrogen-bond acceptors (Lipinski definition) is 9. The van der Waals surface area contributed by atoms with Crippen molar-refractivity contribution < 1.29 is 14.0 Å². The average molecular weight is 525 g/mol. The summed E-state index contributed by atoms with van der Waals surface area (Å²) in [7, 11) is 0. The molecule has 0 spiro atoms. The van der Waals surface area contributed by atoms with Crippen molar-refractivity contribution in [2.45, 2.75) is 38.6 Å². The highest BCUT2D eigenvalue weighted by Crippen LogP contribution is 2.37. The molecule has 0 bridgehead atoms. The highest BCUT2D eigenvalue weighted by atomic mass is 32.1. The lowest BCUT2D eigenvalue weighted by Gasteiger charge is -2.38. The third kappa shape index (κ3) is 4.58. The minimum absolute atomic E-state index is 0.122. The maximum Gasteiger partial charge on any atom is 0.293 e. The van der Waals surface area contributed by atoms with E-state index in [0.29, 0.717) is 5.13 Å². The van der Waals surface area contributed by atoms with Crippen LogP contribution in [-0.4, -0.2) is 70.3 Å². The van der Waals surface area contributed by atoms with Gasteiger partial charge in [0.05, 0.1) is 33.2 Å². The van der Waals surface area contributed by atoms with Gasteiger partial charge in [-0.1, -0.05) is 35.5 Å². The van der Waals surface area contributed by atoms with Crippen LogP contribution < -0.4 is 10.6 Å². The molecule has 9 nitrogen and oxygen atoms in total. The van der Waals surface area contributed by atoms with Crippen molar-refractivity contribution in [1.82, 2.24) is 19.8 Å². The number of hydrogen-bond donors (Lipinski definition) is 2. The third-order valence-electron chi connectivity index (χ3n) is 7.14. The Morgan fingerprint density at radius 2 is 1.75 bits per heavy atom. The van der Waals surface area contributed by atoms with Crippen LogP contribution in [0.3, 0.4) is 0 Å². The fourth-order valence-corrected chi connectivity index (χ4v) is 7.19. The Labute approximate surface area is 216 Å². The summed E-state index contributed by atoms with van der Waals surface area (Å²) in [6, 6.07) is 6.06. The van der Waals surface area contributed by atoms with Gasteiger partial charge in [-0.05, 0) is 38.0 Å². The topological polar surface area (TPSA) is 104 Å². The van der Waals surface area contributed by atoms with Crippen molar-refractivity contribution in [1.29, 1.82) is 0 Å². The number of carbonyl (C=O) groups is 2. The van der Waals surface area contributed by atoms with E-state index >= 15 is 0 Å². The minimum Gasteiger partial charge on any atom is -0.459 e. The minimum atomic E-state index is -0.326. The van der Waals surface area contributed by atoms with Gasteiger partial charge in [-0.25, -0.2) is 9.97 Å². The average Bonchev–Trinajstić information content (AvgIpc) is 3.69. The predicted molar refractivity (Wildman–Crippen MR) is 143 cm³/mol. The van der Waals surface area contributed by atoms with Gasteiger partial charge in [0.25, 0.3) is 5.91 Å². The summed E-state index contributed by atoms with van der Waals surface area (Å²) in [6.07, 6.45) is 6.76. The van der Waals surface area contributed by atoms with Crippen LogP contribution in [0.5, 0.6) is 0 Å². The number of aryl methyl sites for hydroxylation is 1. The molecule has 1 saturated heterocycles. The van der Waals surface area contributed by atoms with E-state index in [1.165, 1.54) is 54.6 Å². The first-order valence-electron chi connectivity index (χ1n) is 12.4. The van der Waals surface area contributed by atoms with Gasteiger partial charge in [0.1, 0.15) is 0 Å². The molecule has 3 aromatic heterocycles. The number of benzene rings is 1. The number of aromatic nitrogens is 2. The Bertz CT molecular complexity index is 1400. The summed E-state index contributed by atoms with van der Waals surface area (Å²) in [5.74, 6) is 0.0407. The van der Waals surface area contributed by atoms with Gasteiger partial charge in [0.2, 0.25) is 5.91 Å². The molecule has 4 heterocycles. The number of anilines is 2. The van der Waals surface area contributed by atoms with Gasteiger partial charge in [0.15, 0.2) is 16.0 Å². The van der Waals surface area contributed by atoms with E-state index in [1.807, 2.05) is 17.9 Å². The lowest BCUT2D eigenvalue weighted by atomic mass is 10.2. The molecule has 2 amide bonds. The van der Waals surface area contributed by atoms with Gasteiger partial charge >= 0.3 is 0 Å². The molecule has 6 rings (SSSR count). The lowest BCUT2D eigenvalue weighted by molar-refractivity contribution is -0.131. The van der Waals surface area contributed by atoms with E-state index in [1.54, 1.807) is 12.1 Å². The van der Waals surface area contributed by atoms with E-state index < -0.39 is 0 Å². The summed E-state index contributed by atoms with van der Waals surface area (Å²) in [5.41, 5.74) is 2.63. The van der Waals surface area contributed by atoms with Crippen LogP contribution in [0, 0.1) is 6.92 Å². The number of nitrogens with one attached hydrogen (secondary N) is 2. The maximum atomic E-state index is 12.8. The zero-order valence-corrected chi connectivity index (χ0v) is 21.7. The van der Waals surface area contributed by atoms with Crippen molar-refractivity contribution in [3.05, 3.63) is 35.8 Å². The van der Waals surface area contributed by atoms with Crippen molar-refractivity contribution in [2.24, 2.45) is 0 Å². The van der Waals surface area contributed by atoms with Crippen molar-refractivity contribution >= 4 is 65.2 Å². The fraction of sp³-hybridized carbons (Fsp3) is 0.440. The van der Waals surface area contributed by atoms with Crippen LogP contribution in [0.4, 0.5) is 10.3 Å². The number of furan rings is 1. The number of nitrogens with zero attached hydrogens (tertiary/aromatic N) is 4. The molecule has 1 aromatic carbocycles. The molecule has 11 heteroatoms. The third-order valence-corrected chi connectivity index (χ3v) is 9.02. The van der Waals surface area contributed by atoms with E-state index in [4.69, 9.17) is 9.40 Å². The molecular weight excluding hydrogens is 496 g/mol. The predicted octanol–water partition coefficient (Wildman–Crippen LogP) is 4.56. The standard InChI is InChI=1S/C25H28N6O3S2/c1-15-21-18(13-19-22(15)28-25(36-19)29-23(33)17-7-4-12-34-17)35-24(27-21)26-14-20(32)31-10-8-30(9-11-31)16-5-2-3-6-16/h4,7,12-13,16H,2-3,5-6,8-11,14H2,1H3,(H,26,27)(H,28,29,33). The van der Waals surface area contributed by atoms with Gasteiger partial charge in [-0.3, -0.25) is 19.8 Å². The molecule has 0 radical (unpaired) electrons. The number of rotatable bonds is 6. The molecule has 0 atom stereocenters. The SMILES string of the molecule is Cc1c2nc(NCC(=O)N3CCN(C4CCCC4)CC3)sc2cc2sc(NC(=O)c3ccco3)nc12. The molecule has 4 aromatic rings. The maximum absolute atomic E-state index is 12.8. The summed E-state index contributed by atoms with van der Waals surface area (Å²) >= 11 is 2.94. The molecule has 2 aliphatic rings. The number of thiazole rings is 2. The van der Waals surface area contributed by atoms with Crippen LogP contribution in [0.2, 0.25) is 0 Å². The first-order chi connectivity index (χ1) is 17.5. The monoisotopic (exact) mass is 524 g/mol. The summed E-state index contributed by atoms with van der Waals surface area (Å²) in [6.45, 7) is 5.79. The number of amides is 2. The van der Waals surface area contributed by atoms with Crippen LogP contribution in [-0.2, 0) is 4.79 Å². The van der Waals surface area contributed by atoms with Crippen LogP contribution in [0.1, 0.15) is 41.8 Å². The molecule has 36 heavy (non-hydrogen) atoms. The van der Waals surface area contributed by atoms with Crippen molar-refractivity contribution in [3.63, 3.8) is 0 Å². The molecule has 188 valence electrons. The van der Waals surface area contributed by atoms with Gasteiger partial charge in [0, 0.05) is 37.8 Å². The fourth-order valence-electron chi connectivity index (χ4n) is 5.19. The highest BCUT2D eigenvalue weighted by molar-refractivity contribution is 7.24. The lowest BCUT2D eigenvalue weighted by Crippen LogP contribution is -2.52. The Morgan fingerprint density at radius 1 is 1.06 bits per heavy atom. The molecule has 2 N–H and O–H groups in total. The van der Waals surface area contributed by atoms with Gasteiger partial charge < -0.3 is 14.6 Å². The first kappa shape index (κ1) is 23.4. The van der Waals surface area contributed by atoms with Crippen LogP contribution in [0.15, 0.2) is 28.9 Å². The van der Waals surface area contributed by atoms with Crippen LogP contribution >= 0.6 is 22.7 Å². The number of fused-ring (bicyclic) bond motifs is 2. The largest absolute Gasteiger partial charge is 0.459 e. The van der Waals surface area contributed by atoms with E-state index in [2.05, 4.69) is 20.5 Å². The van der Waals surface area contributed by atoms with Gasteiger partial charge in [-0.15, -0.1) is 0 Å². The molecule has 2 fully saturated rings. The van der Waals surface area contributed by atoms with Crippen molar-refractivity contribution in [3.8, 4) is 0 Å². The summed E-state index contributed by atoms with van der Waals surface area (Å²) < 4.78 is 7.15. The Morgan fingerprint density at radius 3 is 2.44 bits per heavy atom. The quantitative estimate of drug-likeness (QED) is 0.381. The first-order valence-corrected chi connectivity index (χ1v) is 14.0. The Hall–Kier alpha value is -3.02. The Kier molecular flexibility index (Phi) is 6.36. The van der Waals surface area contributed by atoms with Crippen molar-refractivity contribution in [2.75, 3.05) is 43.4 Å². The summed E-state index contributed by atoms with van der Waals surface area (Å²) in [5, 5.41) is 7.29. The zero-order chi connectivity index (χ0) is 24.6. The second-order valence-corrected chi connectivity index (χ2v) is 11.4.